The number of allylic oxidation sites excluding steroid dienone is 2. The summed E-state index contributed by atoms with van der Waals surface area (Å²) in [6.07, 6.45) is 22.2. The molecule has 0 amide bonds. The first-order valence-corrected chi connectivity index (χ1v) is 19.8. The molecule has 288 valence electrons. The summed E-state index contributed by atoms with van der Waals surface area (Å²) in [5, 5.41) is 39.9. The van der Waals surface area contributed by atoms with E-state index in [9.17, 15) is 30.0 Å². The van der Waals surface area contributed by atoms with E-state index < -0.39 is 49.4 Å². The zero-order chi connectivity index (χ0) is 36.0. The minimum absolute atomic E-state index is 0.216. The van der Waals surface area contributed by atoms with Gasteiger partial charge in [0, 0.05) is 12.8 Å². The SMILES string of the molecule is CCCCC/C=C\CCCCCCCC(=O)OC(COC(=O)CCCCCCCCCCCCCC)COC1OC(CO)C(O)C(O)C1O. The van der Waals surface area contributed by atoms with Gasteiger partial charge in [0.05, 0.1) is 13.2 Å². The van der Waals surface area contributed by atoms with E-state index >= 15 is 0 Å². The number of aliphatic hydroxyl groups excluding tert-OH is 4. The predicted octanol–water partition coefficient (Wildman–Crippen LogP) is 7.22. The zero-order valence-electron chi connectivity index (χ0n) is 30.9. The van der Waals surface area contributed by atoms with Crippen molar-refractivity contribution in [1.82, 2.24) is 0 Å². The van der Waals surface area contributed by atoms with Crippen molar-refractivity contribution in [1.29, 1.82) is 0 Å². The molecule has 4 N–H and O–H groups in total. The quantitative estimate of drug-likeness (QED) is 0.0322. The van der Waals surface area contributed by atoms with Crippen molar-refractivity contribution in [2.24, 2.45) is 0 Å². The lowest BCUT2D eigenvalue weighted by molar-refractivity contribution is -0.305. The van der Waals surface area contributed by atoms with Crippen LogP contribution in [0.4, 0.5) is 0 Å². The van der Waals surface area contributed by atoms with Crippen LogP contribution in [0.15, 0.2) is 12.2 Å². The van der Waals surface area contributed by atoms with Gasteiger partial charge in [-0.15, -0.1) is 0 Å². The number of carbonyl (C=O) groups excluding carboxylic acids is 2. The van der Waals surface area contributed by atoms with Gasteiger partial charge in [0.25, 0.3) is 0 Å². The van der Waals surface area contributed by atoms with Crippen LogP contribution in [-0.2, 0) is 28.5 Å². The van der Waals surface area contributed by atoms with E-state index in [4.69, 9.17) is 18.9 Å². The number of esters is 2. The standard InChI is InChI=1S/C39H72O10/c1-3-5-7-9-11-13-15-17-19-21-23-25-27-34(41)46-30-32(31-47-39-38(45)37(44)36(43)33(29-40)49-39)48-35(42)28-26-24-22-20-18-16-14-12-10-8-6-4-2/h12,14,32-33,36-40,43-45H,3-11,13,15-31H2,1-2H3/b14-12-. The molecular weight excluding hydrogens is 628 g/mol. The predicted molar refractivity (Wildman–Crippen MR) is 192 cm³/mol. The molecule has 1 fully saturated rings. The molecule has 0 bridgehead atoms. The van der Waals surface area contributed by atoms with Gasteiger partial charge >= 0.3 is 11.9 Å². The second-order valence-corrected chi connectivity index (χ2v) is 13.7. The van der Waals surface area contributed by atoms with Crippen LogP contribution in [0.5, 0.6) is 0 Å². The fraction of sp³-hybridized carbons (Fsp3) is 0.897. The van der Waals surface area contributed by atoms with Crippen LogP contribution in [-0.4, -0.2) is 89.0 Å². The van der Waals surface area contributed by atoms with Crippen molar-refractivity contribution in [3.8, 4) is 0 Å². The van der Waals surface area contributed by atoms with E-state index in [1.54, 1.807) is 0 Å². The van der Waals surface area contributed by atoms with Gasteiger partial charge in [-0.05, 0) is 38.5 Å². The van der Waals surface area contributed by atoms with Crippen molar-refractivity contribution in [2.45, 2.75) is 205 Å². The molecule has 1 aliphatic rings. The van der Waals surface area contributed by atoms with Crippen molar-refractivity contribution in [3.63, 3.8) is 0 Å². The third-order valence-electron chi connectivity index (χ3n) is 9.15. The van der Waals surface area contributed by atoms with Crippen LogP contribution in [0.2, 0.25) is 0 Å². The maximum absolute atomic E-state index is 12.7. The van der Waals surface area contributed by atoms with E-state index in [0.717, 1.165) is 57.8 Å². The van der Waals surface area contributed by atoms with Gasteiger partial charge in [0.1, 0.15) is 31.0 Å². The Hall–Kier alpha value is -1.56. The highest BCUT2D eigenvalue weighted by Crippen LogP contribution is 2.22. The van der Waals surface area contributed by atoms with Gasteiger partial charge in [-0.1, -0.05) is 129 Å². The molecule has 0 aliphatic carbocycles. The first kappa shape index (κ1) is 45.5. The average molecular weight is 701 g/mol. The van der Waals surface area contributed by atoms with Gasteiger partial charge in [-0.3, -0.25) is 9.59 Å². The summed E-state index contributed by atoms with van der Waals surface area (Å²) in [4.78, 5) is 25.1. The summed E-state index contributed by atoms with van der Waals surface area (Å²) in [5.41, 5.74) is 0. The minimum atomic E-state index is -1.59. The maximum atomic E-state index is 12.7. The molecule has 1 aliphatic heterocycles. The summed E-state index contributed by atoms with van der Waals surface area (Å²) in [6, 6.07) is 0. The molecule has 0 saturated carbocycles. The highest BCUT2D eigenvalue weighted by atomic mass is 16.7. The normalized spacial score (nSPS) is 21.6. The first-order valence-electron chi connectivity index (χ1n) is 19.8. The lowest BCUT2D eigenvalue weighted by Crippen LogP contribution is -2.59. The second kappa shape index (κ2) is 31.2. The van der Waals surface area contributed by atoms with Gasteiger partial charge in [-0.25, -0.2) is 0 Å². The molecule has 6 unspecified atom stereocenters. The Balaban J connectivity index is 2.40. The Kier molecular flexibility index (Phi) is 28.9. The topological polar surface area (TPSA) is 152 Å². The molecule has 0 radical (unpaired) electrons. The Morgan fingerprint density at radius 2 is 1.08 bits per heavy atom. The largest absolute Gasteiger partial charge is 0.462 e. The molecule has 1 saturated heterocycles. The molecule has 10 nitrogen and oxygen atoms in total. The lowest BCUT2D eigenvalue weighted by Gasteiger charge is -2.39. The molecular formula is C39H72O10. The van der Waals surface area contributed by atoms with Crippen LogP contribution in [0.1, 0.15) is 168 Å². The fourth-order valence-corrected chi connectivity index (χ4v) is 5.95. The fourth-order valence-electron chi connectivity index (χ4n) is 5.95. The number of hydrogen-bond acceptors (Lipinski definition) is 10. The van der Waals surface area contributed by atoms with E-state index in [1.165, 1.54) is 77.0 Å². The highest BCUT2D eigenvalue weighted by Gasteiger charge is 2.44. The number of rotatable bonds is 32. The van der Waals surface area contributed by atoms with Crippen molar-refractivity contribution >= 4 is 11.9 Å². The Morgan fingerprint density at radius 3 is 1.63 bits per heavy atom. The van der Waals surface area contributed by atoms with Gasteiger partial charge in [-0.2, -0.15) is 0 Å². The highest BCUT2D eigenvalue weighted by molar-refractivity contribution is 5.70. The lowest BCUT2D eigenvalue weighted by atomic mass is 9.99. The molecule has 1 rings (SSSR count). The van der Waals surface area contributed by atoms with Gasteiger partial charge in [0.2, 0.25) is 0 Å². The molecule has 10 heteroatoms. The summed E-state index contributed by atoms with van der Waals surface area (Å²) in [5.74, 6) is -0.814. The van der Waals surface area contributed by atoms with Crippen molar-refractivity contribution in [2.75, 3.05) is 19.8 Å². The summed E-state index contributed by atoms with van der Waals surface area (Å²) >= 11 is 0. The first-order chi connectivity index (χ1) is 23.8. The summed E-state index contributed by atoms with van der Waals surface area (Å²) in [6.45, 7) is 3.37. The number of ether oxygens (including phenoxy) is 4. The van der Waals surface area contributed by atoms with Crippen LogP contribution < -0.4 is 0 Å². The zero-order valence-corrected chi connectivity index (χ0v) is 30.9. The number of unbranched alkanes of at least 4 members (excludes halogenated alkanes) is 19. The molecule has 0 aromatic heterocycles. The van der Waals surface area contributed by atoms with Crippen LogP contribution >= 0.6 is 0 Å². The smallest absolute Gasteiger partial charge is 0.306 e. The molecule has 0 aromatic rings. The number of aliphatic hydroxyl groups is 4. The molecule has 0 spiro atoms. The summed E-state index contributed by atoms with van der Waals surface area (Å²) in [7, 11) is 0. The number of hydrogen-bond donors (Lipinski definition) is 4. The Morgan fingerprint density at radius 1 is 0.612 bits per heavy atom. The Labute approximate surface area is 297 Å². The van der Waals surface area contributed by atoms with Crippen molar-refractivity contribution < 1.29 is 49.0 Å². The monoisotopic (exact) mass is 701 g/mol. The second-order valence-electron chi connectivity index (χ2n) is 13.7. The average Bonchev–Trinajstić information content (AvgIpc) is 3.10. The van der Waals surface area contributed by atoms with Crippen molar-refractivity contribution in [3.05, 3.63) is 12.2 Å². The Bertz CT molecular complexity index is 820. The molecule has 49 heavy (non-hydrogen) atoms. The van der Waals surface area contributed by atoms with E-state index in [0.29, 0.717) is 6.42 Å². The van der Waals surface area contributed by atoms with Gasteiger partial charge < -0.3 is 39.4 Å². The summed E-state index contributed by atoms with van der Waals surface area (Å²) < 4.78 is 22.0. The van der Waals surface area contributed by atoms with Crippen LogP contribution in [0.3, 0.4) is 0 Å². The van der Waals surface area contributed by atoms with E-state index in [1.807, 2.05) is 0 Å². The van der Waals surface area contributed by atoms with E-state index in [-0.39, 0.29) is 32.0 Å². The van der Waals surface area contributed by atoms with E-state index in [2.05, 4.69) is 26.0 Å². The third kappa shape index (κ3) is 23.5. The molecule has 6 atom stereocenters. The maximum Gasteiger partial charge on any atom is 0.306 e. The third-order valence-corrected chi connectivity index (χ3v) is 9.15. The van der Waals surface area contributed by atoms with Crippen LogP contribution in [0, 0.1) is 0 Å². The molecule has 1 heterocycles. The number of carbonyl (C=O) groups is 2. The minimum Gasteiger partial charge on any atom is -0.462 e. The molecule has 0 aromatic carbocycles. The van der Waals surface area contributed by atoms with Gasteiger partial charge in [0.15, 0.2) is 12.4 Å². The van der Waals surface area contributed by atoms with Crippen LogP contribution in [0.25, 0.3) is 0 Å².